The number of halogens is 1. The molecule has 0 aliphatic rings. The molecule has 0 amide bonds. The molecule has 0 atom stereocenters. The van der Waals surface area contributed by atoms with E-state index in [2.05, 4.69) is 98.3 Å². The Morgan fingerprint density at radius 1 is 0.721 bits per heavy atom. The molecule has 1 heterocycles. The smallest absolute Gasteiger partial charge is 0.342 e. The normalized spacial score (nSPS) is 12.1. The van der Waals surface area contributed by atoms with E-state index >= 15 is 0 Å². The van der Waals surface area contributed by atoms with Crippen molar-refractivity contribution in [1.82, 2.24) is 4.98 Å². The second-order valence-electron chi connectivity index (χ2n) is 14.0. The summed E-state index contributed by atoms with van der Waals surface area (Å²) in [4.78, 5) is 14.7. The van der Waals surface area contributed by atoms with E-state index in [0.717, 1.165) is 45.3 Å². The van der Waals surface area contributed by atoms with Gasteiger partial charge in [0.05, 0.1) is 39.2 Å². The van der Waals surface area contributed by atoms with E-state index in [1.54, 1.807) is 0 Å². The first kappa shape index (κ1) is 41.2. The monoisotopic (exact) mass is 675 g/mol. The molecule has 0 saturated heterocycles. The van der Waals surface area contributed by atoms with E-state index in [0.29, 0.717) is 10.9 Å². The number of benzene rings is 2. The molecule has 3 rings (SSSR count). The van der Waals surface area contributed by atoms with Crippen molar-refractivity contribution < 1.29 is 17.1 Å². The van der Waals surface area contributed by atoms with Crippen molar-refractivity contribution in [3.63, 3.8) is 0 Å². The van der Waals surface area contributed by atoms with Crippen molar-refractivity contribution in [3.8, 4) is 0 Å². The average Bonchev–Trinajstić information content (AvgIpc) is 2.80. The van der Waals surface area contributed by atoms with Gasteiger partial charge in [0.25, 0.3) is 0 Å². The molecule has 2 aromatic carbocycles. The van der Waals surface area contributed by atoms with Gasteiger partial charge in [-0.05, 0) is 87.9 Å². The zero-order chi connectivity index (χ0) is 32.6. The maximum absolute atomic E-state index is 6.46. The standard InChI is InChI=1S/C28H32ClN3.2C4H11Si.Fe/c1-16(2)23-14-17(3)12-19(5)27(23)30-21(7)25-10-9-11-26(32-25)22(8)31-28-20(6)13-18(4)15-24(28)29;2*1-5(2,3)4;/h9-16H,1-8H3;2*1H2,2-4H3;/q;2*-1;+2. The third-order valence-corrected chi connectivity index (χ3v) is 5.83. The number of hydrogen-bond acceptors (Lipinski definition) is 3. The maximum Gasteiger partial charge on any atom is 2.00 e. The average molecular weight is 676 g/mol. The molecule has 0 bridgehead atoms. The molecule has 0 fully saturated rings. The van der Waals surface area contributed by atoms with Gasteiger partial charge in [-0.2, -0.15) is 0 Å². The number of aryl methyl sites for hydroxylation is 4. The molecule has 0 spiro atoms. The first-order valence-corrected chi connectivity index (χ1v) is 22.5. The predicted molar refractivity (Wildman–Crippen MR) is 196 cm³/mol. The van der Waals surface area contributed by atoms with Crippen molar-refractivity contribution in [3.05, 3.63) is 99.8 Å². The zero-order valence-corrected chi connectivity index (χ0v) is 33.0. The van der Waals surface area contributed by atoms with E-state index in [1.165, 1.54) is 16.7 Å². The molecular formula is C36H54ClFeN3Si2. The maximum atomic E-state index is 6.46. The van der Waals surface area contributed by atoms with Gasteiger partial charge in [0.15, 0.2) is 0 Å². The Kier molecular flexibility index (Phi) is 16.9. The second-order valence-corrected chi connectivity index (χ2v) is 24.7. The van der Waals surface area contributed by atoms with E-state index in [9.17, 15) is 0 Å². The molecule has 1 aromatic heterocycles. The molecular weight excluding hydrogens is 622 g/mol. The number of pyridine rings is 1. The van der Waals surface area contributed by atoms with Crippen LogP contribution < -0.4 is 0 Å². The van der Waals surface area contributed by atoms with Gasteiger partial charge < -0.3 is 13.1 Å². The number of hydrogen-bond donors (Lipinski definition) is 0. The molecule has 0 unspecified atom stereocenters. The van der Waals surface area contributed by atoms with Gasteiger partial charge >= 0.3 is 17.1 Å². The molecule has 3 nitrogen and oxygen atoms in total. The minimum Gasteiger partial charge on any atom is -0.342 e. The molecule has 236 valence electrons. The van der Waals surface area contributed by atoms with E-state index in [4.69, 9.17) is 26.6 Å². The summed E-state index contributed by atoms with van der Waals surface area (Å²) in [6.45, 7) is 37.8. The number of nitrogens with zero attached hydrogens (tertiary/aromatic N) is 3. The summed E-state index contributed by atoms with van der Waals surface area (Å²) in [6, 6.07) is 14.4. The van der Waals surface area contributed by atoms with Gasteiger partial charge in [-0.1, -0.05) is 94.6 Å². The van der Waals surface area contributed by atoms with Crippen LogP contribution >= 0.6 is 11.6 Å². The summed E-state index contributed by atoms with van der Waals surface area (Å²) in [6.07, 6.45) is 0. The summed E-state index contributed by atoms with van der Waals surface area (Å²) >= 11 is 6.46. The molecule has 7 heteroatoms. The van der Waals surface area contributed by atoms with Crippen molar-refractivity contribution in [2.24, 2.45) is 9.98 Å². The van der Waals surface area contributed by atoms with Gasteiger partial charge in [-0.25, -0.2) is 9.98 Å². The fraction of sp³-hybridized carbons (Fsp3) is 0.417. The van der Waals surface area contributed by atoms with E-state index in [1.807, 2.05) is 52.0 Å². The Morgan fingerprint density at radius 3 is 1.49 bits per heavy atom. The first-order chi connectivity index (χ1) is 19.1. The Labute approximate surface area is 281 Å². The van der Waals surface area contributed by atoms with Gasteiger partial charge in [0.2, 0.25) is 0 Å². The molecule has 0 saturated carbocycles. The summed E-state index contributed by atoms with van der Waals surface area (Å²) in [7, 11) is -1.72. The summed E-state index contributed by atoms with van der Waals surface area (Å²) in [5.41, 5.74) is 11.1. The van der Waals surface area contributed by atoms with Crippen LogP contribution in [0.15, 0.2) is 52.4 Å². The Hall–Kier alpha value is -1.83. The molecule has 3 aromatic rings. The quantitative estimate of drug-likeness (QED) is 0.151. The topological polar surface area (TPSA) is 37.6 Å². The van der Waals surface area contributed by atoms with Crippen molar-refractivity contribution in [2.75, 3.05) is 0 Å². The van der Waals surface area contributed by atoms with Crippen LogP contribution in [0.25, 0.3) is 0 Å². The molecule has 43 heavy (non-hydrogen) atoms. The van der Waals surface area contributed by atoms with Gasteiger partial charge in [-0.3, -0.25) is 4.99 Å². The zero-order valence-electron chi connectivity index (χ0n) is 29.1. The fourth-order valence-electron chi connectivity index (χ4n) is 3.92. The van der Waals surface area contributed by atoms with Crippen molar-refractivity contribution in [2.45, 2.75) is 101 Å². The Morgan fingerprint density at radius 2 is 1.09 bits per heavy atom. The Bertz CT molecular complexity index is 1370. The number of aliphatic imine (C=N–C) groups is 2. The van der Waals surface area contributed by atoms with E-state index in [-0.39, 0.29) is 17.1 Å². The van der Waals surface area contributed by atoms with Crippen LogP contribution in [0.5, 0.6) is 0 Å². The van der Waals surface area contributed by atoms with E-state index < -0.39 is 16.1 Å². The van der Waals surface area contributed by atoms with Crippen LogP contribution in [-0.2, 0) is 17.1 Å². The third-order valence-electron chi connectivity index (χ3n) is 5.54. The van der Waals surface area contributed by atoms with Gasteiger partial charge in [-0.15, -0.1) is 16.1 Å². The van der Waals surface area contributed by atoms with Gasteiger partial charge in [0, 0.05) is 0 Å². The van der Waals surface area contributed by atoms with Crippen molar-refractivity contribution >= 4 is 50.5 Å². The number of rotatable bonds is 5. The molecule has 0 aliphatic heterocycles. The minimum atomic E-state index is -0.861. The van der Waals surface area contributed by atoms with Crippen LogP contribution in [-0.4, -0.2) is 32.6 Å². The molecule has 0 N–H and O–H groups in total. The number of aromatic nitrogens is 1. The van der Waals surface area contributed by atoms with Crippen molar-refractivity contribution in [1.29, 1.82) is 0 Å². The first-order valence-electron chi connectivity index (χ1n) is 14.7. The van der Waals surface area contributed by atoms with Crippen LogP contribution in [0, 0.1) is 40.8 Å². The summed E-state index contributed by atoms with van der Waals surface area (Å²) in [5, 5.41) is 0.659. The second kappa shape index (κ2) is 17.6. The van der Waals surface area contributed by atoms with Crippen LogP contribution in [0.1, 0.15) is 72.8 Å². The summed E-state index contributed by atoms with van der Waals surface area (Å²) in [5.74, 6) is 0.399. The van der Waals surface area contributed by atoms with Crippen LogP contribution in [0.4, 0.5) is 11.4 Å². The van der Waals surface area contributed by atoms with Gasteiger partial charge in [0.1, 0.15) is 0 Å². The third kappa shape index (κ3) is 16.2. The Balaban J connectivity index is 0.00000139. The SMILES string of the molecule is CC(=Nc1c(C)cc(C)cc1Cl)c1cccc(C(C)=Nc2c(C)cc(C)cc2C(C)C)n1.[CH2-][Si](C)(C)C.[CH2-][Si](C)(C)C.[Fe+2]. The van der Waals surface area contributed by atoms with Crippen LogP contribution in [0.3, 0.4) is 0 Å². The fourth-order valence-corrected chi connectivity index (χ4v) is 4.29. The minimum absolute atomic E-state index is 0. The van der Waals surface area contributed by atoms with Crippen LogP contribution in [0.2, 0.25) is 44.3 Å². The molecule has 0 radical (unpaired) electrons. The molecule has 0 aliphatic carbocycles. The predicted octanol–water partition coefficient (Wildman–Crippen LogP) is 11.8. The summed E-state index contributed by atoms with van der Waals surface area (Å²) < 4.78 is 0. The largest absolute Gasteiger partial charge is 2.00 e.